The zero-order valence-electron chi connectivity index (χ0n) is 21.1. The molecule has 2 fully saturated rings. The Morgan fingerprint density at radius 1 is 1.03 bits per heavy atom. The zero-order valence-corrected chi connectivity index (χ0v) is 21.1. The maximum absolute atomic E-state index is 13.0. The number of anilines is 2. The Kier molecular flexibility index (Phi) is 7.72. The van der Waals surface area contributed by atoms with Crippen LogP contribution in [0.3, 0.4) is 0 Å². The number of phenolic OH excluding ortho intramolecular Hbond substituents is 1. The third kappa shape index (κ3) is 6.40. The highest BCUT2D eigenvalue weighted by atomic mass is 16.5. The van der Waals surface area contributed by atoms with E-state index in [1.54, 1.807) is 42.7 Å². The molecule has 3 aromatic rings. The number of nitrogens with one attached hydrogen (secondary N) is 1. The summed E-state index contributed by atoms with van der Waals surface area (Å²) < 4.78 is 6.04. The predicted octanol–water partition coefficient (Wildman–Crippen LogP) is 4.70. The fourth-order valence-electron chi connectivity index (χ4n) is 5.12. The molecule has 1 aliphatic heterocycles. The minimum Gasteiger partial charge on any atom is -0.508 e. The van der Waals surface area contributed by atoms with Gasteiger partial charge in [0.15, 0.2) is 0 Å². The minimum atomic E-state index is -0.781. The van der Waals surface area contributed by atoms with E-state index in [1.165, 1.54) is 6.07 Å². The van der Waals surface area contributed by atoms with Crippen molar-refractivity contribution in [3.8, 4) is 11.6 Å². The van der Waals surface area contributed by atoms with Gasteiger partial charge in [0.2, 0.25) is 5.88 Å². The number of pyridine rings is 2. The lowest BCUT2D eigenvalue weighted by molar-refractivity contribution is -0.137. The molecule has 5 rings (SSSR count). The number of rotatable bonds is 10. The van der Waals surface area contributed by atoms with Crippen LogP contribution in [0.5, 0.6) is 11.6 Å². The largest absolute Gasteiger partial charge is 0.508 e. The molecule has 0 radical (unpaired) electrons. The summed E-state index contributed by atoms with van der Waals surface area (Å²) >= 11 is 0. The highest BCUT2D eigenvalue weighted by molar-refractivity contribution is 6.08. The van der Waals surface area contributed by atoms with Crippen molar-refractivity contribution in [3.05, 3.63) is 72.1 Å². The van der Waals surface area contributed by atoms with E-state index < -0.39 is 5.97 Å². The lowest BCUT2D eigenvalue weighted by Gasteiger charge is -2.34. The summed E-state index contributed by atoms with van der Waals surface area (Å²) in [7, 11) is 0. The van der Waals surface area contributed by atoms with Gasteiger partial charge in [0.25, 0.3) is 5.91 Å². The number of carbonyl (C=O) groups excluding carboxylic acids is 1. The number of phenols is 1. The van der Waals surface area contributed by atoms with Gasteiger partial charge >= 0.3 is 5.97 Å². The van der Waals surface area contributed by atoms with E-state index in [9.17, 15) is 19.8 Å². The number of nitrogens with zero attached hydrogens (tertiary/aromatic N) is 3. The van der Waals surface area contributed by atoms with Crippen LogP contribution in [0.1, 0.15) is 53.9 Å². The second kappa shape index (κ2) is 11.5. The third-order valence-electron chi connectivity index (χ3n) is 7.33. The SMILES string of the molecule is O=C(O)CC(c1ccnc(OCC2CCN(c3cc(O)ccc3C(=O)Nc3ccccn3)CC2)c1)C1CC1. The standard InChI is InChI=1S/C29H32N4O5/c34-22-6-7-23(29(37)32-26-3-1-2-11-30-26)25(16-22)33-13-9-19(10-14-33)18-38-27-15-21(8-12-31-27)24(17-28(35)36)20-4-5-20/h1-3,6-8,11-12,15-16,19-20,24,34H,4-5,9-10,13-14,17-18H2,(H,35,36)(H,30,32,37). The number of hydrogen-bond donors (Lipinski definition) is 3. The first-order valence-electron chi connectivity index (χ1n) is 13.1. The minimum absolute atomic E-state index is 0.00689. The summed E-state index contributed by atoms with van der Waals surface area (Å²) in [5, 5.41) is 22.2. The van der Waals surface area contributed by atoms with Gasteiger partial charge in [0.1, 0.15) is 11.6 Å². The quantitative estimate of drug-likeness (QED) is 0.354. The molecule has 1 amide bonds. The lowest BCUT2D eigenvalue weighted by Crippen LogP contribution is -2.36. The Morgan fingerprint density at radius 2 is 1.84 bits per heavy atom. The number of benzene rings is 1. The molecular weight excluding hydrogens is 484 g/mol. The predicted molar refractivity (Wildman–Crippen MR) is 143 cm³/mol. The van der Waals surface area contributed by atoms with Crippen molar-refractivity contribution < 1.29 is 24.5 Å². The van der Waals surface area contributed by atoms with E-state index in [0.29, 0.717) is 41.4 Å². The Labute approximate surface area is 221 Å². The molecule has 2 aliphatic rings. The van der Waals surface area contributed by atoms with Crippen LogP contribution < -0.4 is 15.0 Å². The summed E-state index contributed by atoms with van der Waals surface area (Å²) in [6.07, 6.45) is 7.31. The van der Waals surface area contributed by atoms with E-state index in [0.717, 1.165) is 44.3 Å². The summed E-state index contributed by atoms with van der Waals surface area (Å²) in [4.78, 5) is 34.9. The molecule has 1 unspecified atom stereocenters. The van der Waals surface area contributed by atoms with Gasteiger partial charge in [-0.25, -0.2) is 9.97 Å². The van der Waals surface area contributed by atoms with Gasteiger partial charge in [0, 0.05) is 37.6 Å². The molecule has 1 saturated heterocycles. The molecule has 9 nitrogen and oxygen atoms in total. The first-order valence-corrected chi connectivity index (χ1v) is 13.1. The highest BCUT2D eigenvalue weighted by Gasteiger charge is 2.34. The number of carboxylic acid groups (broad SMARTS) is 1. The number of amides is 1. The van der Waals surface area contributed by atoms with Crippen molar-refractivity contribution in [1.82, 2.24) is 9.97 Å². The number of carboxylic acids is 1. The van der Waals surface area contributed by atoms with E-state index >= 15 is 0 Å². The Balaban J connectivity index is 1.18. The van der Waals surface area contributed by atoms with Gasteiger partial charge in [-0.2, -0.15) is 0 Å². The normalized spacial score (nSPS) is 16.6. The number of piperidine rings is 1. The first kappa shape index (κ1) is 25.5. The van der Waals surface area contributed by atoms with Crippen molar-refractivity contribution >= 4 is 23.4 Å². The van der Waals surface area contributed by atoms with Gasteiger partial charge in [0.05, 0.1) is 24.3 Å². The number of ether oxygens (including phenoxy) is 1. The van der Waals surface area contributed by atoms with Crippen LogP contribution in [-0.2, 0) is 4.79 Å². The molecule has 0 spiro atoms. The summed E-state index contributed by atoms with van der Waals surface area (Å²) in [6, 6.07) is 13.9. The zero-order chi connectivity index (χ0) is 26.5. The van der Waals surface area contributed by atoms with Crippen molar-refractivity contribution in [3.63, 3.8) is 0 Å². The molecule has 2 aromatic heterocycles. The van der Waals surface area contributed by atoms with Crippen LogP contribution in [0.25, 0.3) is 0 Å². The topological polar surface area (TPSA) is 125 Å². The number of aliphatic carboxylic acids is 1. The van der Waals surface area contributed by atoms with Gasteiger partial charge in [-0.15, -0.1) is 0 Å². The van der Waals surface area contributed by atoms with E-state index in [1.807, 2.05) is 12.1 Å². The number of carbonyl (C=O) groups is 2. The van der Waals surface area contributed by atoms with Crippen LogP contribution in [0.15, 0.2) is 60.9 Å². The molecule has 38 heavy (non-hydrogen) atoms. The van der Waals surface area contributed by atoms with Gasteiger partial charge in [-0.1, -0.05) is 6.07 Å². The molecule has 1 aromatic carbocycles. The fraction of sp³-hybridized carbons (Fsp3) is 0.379. The van der Waals surface area contributed by atoms with Crippen molar-refractivity contribution in [1.29, 1.82) is 0 Å². The van der Waals surface area contributed by atoms with Gasteiger partial charge in [-0.3, -0.25) is 9.59 Å². The number of aromatic nitrogens is 2. The smallest absolute Gasteiger partial charge is 0.303 e. The molecule has 1 aliphatic carbocycles. The highest BCUT2D eigenvalue weighted by Crippen LogP contribution is 2.45. The first-order chi connectivity index (χ1) is 18.5. The van der Waals surface area contributed by atoms with Crippen LogP contribution in [0.4, 0.5) is 11.5 Å². The molecule has 3 N–H and O–H groups in total. The summed E-state index contributed by atoms with van der Waals surface area (Å²) in [5.74, 6) is 0.807. The van der Waals surface area contributed by atoms with Crippen molar-refractivity contribution in [2.75, 3.05) is 29.9 Å². The Bertz CT molecular complexity index is 1270. The lowest BCUT2D eigenvalue weighted by atomic mass is 9.92. The van der Waals surface area contributed by atoms with Crippen LogP contribution in [0.2, 0.25) is 0 Å². The van der Waals surface area contributed by atoms with Crippen molar-refractivity contribution in [2.24, 2.45) is 11.8 Å². The Hall–Kier alpha value is -4.14. The molecule has 3 heterocycles. The summed E-state index contributed by atoms with van der Waals surface area (Å²) in [5.41, 5.74) is 2.16. The fourth-order valence-corrected chi connectivity index (χ4v) is 5.12. The Morgan fingerprint density at radius 3 is 2.55 bits per heavy atom. The average Bonchev–Trinajstić information content (AvgIpc) is 3.77. The van der Waals surface area contributed by atoms with E-state index in [-0.39, 0.29) is 24.0 Å². The van der Waals surface area contributed by atoms with Crippen LogP contribution >= 0.6 is 0 Å². The molecule has 0 bridgehead atoms. The molecule has 1 atom stereocenters. The van der Waals surface area contributed by atoms with E-state index in [2.05, 4.69) is 20.2 Å². The van der Waals surface area contributed by atoms with Crippen molar-refractivity contribution in [2.45, 2.75) is 38.0 Å². The number of aromatic hydroxyl groups is 1. The molecular formula is C29H32N4O5. The van der Waals surface area contributed by atoms with Gasteiger partial charge in [-0.05, 0) is 79.3 Å². The van der Waals surface area contributed by atoms with Crippen LogP contribution in [-0.4, -0.2) is 51.8 Å². The van der Waals surface area contributed by atoms with E-state index in [4.69, 9.17) is 4.74 Å². The molecule has 1 saturated carbocycles. The molecule has 9 heteroatoms. The number of hydrogen-bond acceptors (Lipinski definition) is 7. The average molecular weight is 517 g/mol. The maximum Gasteiger partial charge on any atom is 0.303 e. The maximum atomic E-state index is 13.0. The third-order valence-corrected chi connectivity index (χ3v) is 7.33. The monoisotopic (exact) mass is 516 g/mol. The van der Waals surface area contributed by atoms with Gasteiger partial charge < -0.3 is 25.2 Å². The van der Waals surface area contributed by atoms with Crippen LogP contribution in [0, 0.1) is 11.8 Å². The second-order valence-corrected chi connectivity index (χ2v) is 10.1. The second-order valence-electron chi connectivity index (χ2n) is 10.1. The molecule has 198 valence electrons. The summed E-state index contributed by atoms with van der Waals surface area (Å²) in [6.45, 7) is 1.96.